The highest BCUT2D eigenvalue weighted by molar-refractivity contribution is 7.90. The Morgan fingerprint density at radius 2 is 1.81 bits per heavy atom. The fraction of sp³-hybridized carbons (Fsp3) is 0.263. The Kier molecular flexibility index (Phi) is 5.46. The topological polar surface area (TPSA) is 93.2 Å². The van der Waals surface area contributed by atoms with Gasteiger partial charge in [0, 0.05) is 12.4 Å². The maximum Gasteiger partial charge on any atom is 0.299 e. The summed E-state index contributed by atoms with van der Waals surface area (Å²) >= 11 is 0. The van der Waals surface area contributed by atoms with E-state index in [1.54, 1.807) is 37.4 Å². The summed E-state index contributed by atoms with van der Waals surface area (Å²) in [5.41, 5.74) is 0.853. The molecule has 0 fully saturated rings. The van der Waals surface area contributed by atoms with Crippen LogP contribution in [0.4, 0.5) is 5.69 Å². The van der Waals surface area contributed by atoms with Crippen LogP contribution >= 0.6 is 0 Å². The normalized spacial score (nSPS) is 12.1. The van der Waals surface area contributed by atoms with Gasteiger partial charge in [-0.2, -0.15) is 8.42 Å². The van der Waals surface area contributed by atoms with E-state index in [4.69, 9.17) is 4.74 Å². The van der Waals surface area contributed by atoms with Gasteiger partial charge >= 0.3 is 0 Å². The third-order valence-electron chi connectivity index (χ3n) is 4.19. The molecule has 0 aliphatic heterocycles. The third-order valence-corrected chi connectivity index (χ3v) is 5.35. The van der Waals surface area contributed by atoms with Gasteiger partial charge in [0.05, 0.1) is 17.0 Å². The van der Waals surface area contributed by atoms with Crippen molar-refractivity contribution in [2.45, 2.75) is 24.7 Å². The smallest absolute Gasteiger partial charge is 0.299 e. The summed E-state index contributed by atoms with van der Waals surface area (Å²) in [6.07, 6.45) is 1.96. The molecule has 0 bridgehead atoms. The lowest BCUT2D eigenvalue weighted by Crippen LogP contribution is -1.98. The van der Waals surface area contributed by atoms with Crippen molar-refractivity contribution in [2.75, 3.05) is 6.61 Å². The molecule has 3 rings (SSSR count). The molecule has 8 heteroatoms. The van der Waals surface area contributed by atoms with Crippen LogP contribution in [-0.4, -0.2) is 24.7 Å². The van der Waals surface area contributed by atoms with Gasteiger partial charge in [0.15, 0.2) is 5.69 Å². The average molecular weight is 387 g/mol. The summed E-state index contributed by atoms with van der Waals surface area (Å²) in [5, 5.41) is 14.7. The van der Waals surface area contributed by atoms with Gasteiger partial charge in [0.1, 0.15) is 5.75 Å². The van der Waals surface area contributed by atoms with Crippen molar-refractivity contribution in [3.63, 3.8) is 0 Å². The van der Waals surface area contributed by atoms with Crippen molar-refractivity contribution in [2.24, 2.45) is 16.7 Å². The zero-order valence-electron chi connectivity index (χ0n) is 15.2. The largest absolute Gasteiger partial charge is 0.494 e. The average Bonchev–Trinajstić information content (AvgIpc) is 2.92. The van der Waals surface area contributed by atoms with E-state index in [0.717, 1.165) is 18.4 Å². The van der Waals surface area contributed by atoms with Gasteiger partial charge in [-0.3, -0.25) is 0 Å². The first-order chi connectivity index (χ1) is 12.9. The van der Waals surface area contributed by atoms with E-state index in [-0.39, 0.29) is 16.5 Å². The lowest BCUT2D eigenvalue weighted by Gasteiger charge is -2.05. The second kappa shape index (κ2) is 7.79. The predicted molar refractivity (Wildman–Crippen MR) is 103 cm³/mol. The molecule has 142 valence electrons. The number of aryl methyl sites for hydroxylation is 1. The molecule has 0 atom stereocenters. The maximum atomic E-state index is 12.4. The molecule has 0 spiro atoms. The van der Waals surface area contributed by atoms with Crippen molar-refractivity contribution < 1.29 is 18.3 Å². The van der Waals surface area contributed by atoms with Crippen LogP contribution in [0.3, 0.4) is 0 Å². The molecule has 3 aromatic rings. The number of aromatic nitrogens is 1. The summed E-state index contributed by atoms with van der Waals surface area (Å²) in [6.45, 7) is 2.65. The Morgan fingerprint density at radius 1 is 1.11 bits per heavy atom. The van der Waals surface area contributed by atoms with Crippen LogP contribution in [0.15, 0.2) is 63.1 Å². The molecule has 27 heavy (non-hydrogen) atoms. The van der Waals surface area contributed by atoms with Crippen LogP contribution in [0.1, 0.15) is 19.8 Å². The number of benzene rings is 2. The number of aromatic hydroxyl groups is 1. The molecule has 2 aromatic carbocycles. The lowest BCUT2D eigenvalue weighted by atomic mass is 10.2. The second-order valence-electron chi connectivity index (χ2n) is 6.08. The van der Waals surface area contributed by atoms with Crippen LogP contribution in [0, 0.1) is 0 Å². The van der Waals surface area contributed by atoms with Crippen LogP contribution in [0.25, 0.3) is 10.9 Å². The highest BCUT2D eigenvalue weighted by Crippen LogP contribution is 2.38. The van der Waals surface area contributed by atoms with E-state index < -0.39 is 10.0 Å². The molecule has 0 saturated carbocycles. The molecule has 7 nitrogen and oxygen atoms in total. The monoisotopic (exact) mass is 387 g/mol. The molecular formula is C19H21N3O4S. The Labute approximate surface area is 158 Å². The van der Waals surface area contributed by atoms with E-state index >= 15 is 0 Å². The number of unbranched alkanes of at least 4 members (excludes halogenated alkanes) is 1. The minimum absolute atomic E-state index is 0.00816. The van der Waals surface area contributed by atoms with Crippen molar-refractivity contribution in [3.8, 4) is 11.6 Å². The lowest BCUT2D eigenvalue weighted by molar-refractivity contribution is 0.309. The third kappa shape index (κ3) is 3.95. The molecule has 0 saturated heterocycles. The minimum Gasteiger partial charge on any atom is -0.494 e. The van der Waals surface area contributed by atoms with Crippen molar-refractivity contribution in [1.82, 2.24) is 4.57 Å². The summed E-state index contributed by atoms with van der Waals surface area (Å²) in [6, 6.07) is 13.2. The van der Waals surface area contributed by atoms with E-state index in [2.05, 4.69) is 16.6 Å². The Hall–Kier alpha value is -2.87. The van der Waals surface area contributed by atoms with Gasteiger partial charge in [0.25, 0.3) is 10.0 Å². The van der Waals surface area contributed by atoms with E-state index in [0.29, 0.717) is 17.7 Å². The summed E-state index contributed by atoms with van der Waals surface area (Å²) in [5.74, 6) is 0.459. The van der Waals surface area contributed by atoms with Crippen LogP contribution in [0.2, 0.25) is 0 Å². The number of fused-ring (bicyclic) bond motifs is 1. The number of hydrogen-bond acceptors (Lipinski definition) is 5. The number of hydrogen-bond donors (Lipinski definition) is 1. The van der Waals surface area contributed by atoms with Crippen molar-refractivity contribution >= 4 is 26.6 Å². The number of ether oxygens (including phenoxy) is 1. The van der Waals surface area contributed by atoms with Gasteiger partial charge in [-0.15, -0.1) is 5.11 Å². The second-order valence-corrected chi connectivity index (χ2v) is 7.66. The van der Waals surface area contributed by atoms with E-state index in [1.807, 2.05) is 6.07 Å². The Balaban J connectivity index is 1.86. The summed E-state index contributed by atoms with van der Waals surface area (Å²) < 4.78 is 35.4. The van der Waals surface area contributed by atoms with Crippen LogP contribution < -0.4 is 4.74 Å². The Bertz CT molecular complexity index is 1070. The molecule has 0 radical (unpaired) electrons. The molecule has 1 N–H and O–H groups in total. The van der Waals surface area contributed by atoms with Gasteiger partial charge in [0.2, 0.25) is 5.88 Å². The zero-order valence-corrected chi connectivity index (χ0v) is 16.0. The van der Waals surface area contributed by atoms with E-state index in [1.165, 1.54) is 16.7 Å². The fourth-order valence-electron chi connectivity index (χ4n) is 2.64. The SMILES string of the molecule is CCCCOc1ccc(S(=O)(=O)N=Nc2c(O)n(C)c3ccccc23)cc1. The quantitative estimate of drug-likeness (QED) is 0.476. The molecule has 1 aromatic heterocycles. The van der Waals surface area contributed by atoms with Crippen LogP contribution in [0.5, 0.6) is 11.6 Å². The molecule has 0 aliphatic rings. The van der Waals surface area contributed by atoms with Crippen molar-refractivity contribution in [3.05, 3.63) is 48.5 Å². The summed E-state index contributed by atoms with van der Waals surface area (Å²) in [4.78, 5) is 0.00816. The van der Waals surface area contributed by atoms with Gasteiger partial charge < -0.3 is 14.4 Å². The molecule has 0 amide bonds. The Morgan fingerprint density at radius 3 is 2.52 bits per heavy atom. The van der Waals surface area contributed by atoms with Gasteiger partial charge in [-0.05, 0) is 36.8 Å². The van der Waals surface area contributed by atoms with Crippen LogP contribution in [-0.2, 0) is 17.1 Å². The number of sulfonamides is 1. The number of para-hydroxylation sites is 1. The summed E-state index contributed by atoms with van der Waals surface area (Å²) in [7, 11) is -2.33. The minimum atomic E-state index is -3.99. The number of rotatable bonds is 7. The molecular weight excluding hydrogens is 366 g/mol. The van der Waals surface area contributed by atoms with Crippen molar-refractivity contribution in [1.29, 1.82) is 0 Å². The first kappa shape index (κ1) is 18.9. The first-order valence-corrected chi connectivity index (χ1v) is 10.1. The highest BCUT2D eigenvalue weighted by Gasteiger charge is 2.17. The van der Waals surface area contributed by atoms with Gasteiger partial charge in [-0.1, -0.05) is 36.1 Å². The maximum absolute atomic E-state index is 12.4. The molecule has 0 unspecified atom stereocenters. The number of nitrogens with zero attached hydrogens (tertiary/aromatic N) is 3. The van der Waals surface area contributed by atoms with E-state index in [9.17, 15) is 13.5 Å². The predicted octanol–water partition coefficient (Wildman–Crippen LogP) is 4.54. The fourth-order valence-corrected chi connectivity index (χ4v) is 3.41. The molecule has 1 heterocycles. The standard InChI is InChI=1S/C19H21N3O4S/c1-3-4-13-26-14-9-11-15(12-10-14)27(24,25)21-20-18-16-7-5-6-8-17(16)22(2)19(18)23/h5-12,23H,3-4,13H2,1-2H3. The molecule has 0 aliphatic carbocycles. The first-order valence-electron chi connectivity index (χ1n) is 8.61. The van der Waals surface area contributed by atoms with Gasteiger partial charge in [-0.25, -0.2) is 0 Å². The zero-order chi connectivity index (χ0) is 19.4. The highest BCUT2D eigenvalue weighted by atomic mass is 32.2.